The Balaban J connectivity index is 2.79. The van der Waals surface area contributed by atoms with Crippen LogP contribution in [0.5, 0.6) is 0 Å². The highest BCUT2D eigenvalue weighted by Gasteiger charge is 2.12. The van der Waals surface area contributed by atoms with Gasteiger partial charge in [-0.1, -0.05) is 13.8 Å². The number of anilines is 2. The minimum Gasteiger partial charge on any atom is -0.370 e. The van der Waals surface area contributed by atoms with Crippen LogP contribution in [-0.4, -0.2) is 22.1 Å². The molecular weight excluding hydrogens is 212 g/mol. The lowest BCUT2D eigenvalue weighted by molar-refractivity contribution is 0.625. The number of nitrogens with zero attached hydrogens (tertiary/aromatic N) is 2. The van der Waals surface area contributed by atoms with E-state index in [1.165, 1.54) is 0 Å². The molecule has 0 aromatic carbocycles. The number of hydrogen-bond donors (Lipinski definition) is 2. The van der Waals surface area contributed by atoms with Crippen molar-refractivity contribution in [1.82, 2.24) is 9.97 Å². The summed E-state index contributed by atoms with van der Waals surface area (Å²) in [6.07, 6.45) is 0. The van der Waals surface area contributed by atoms with Gasteiger partial charge in [-0.25, -0.2) is 4.98 Å². The molecule has 1 aromatic rings. The zero-order valence-corrected chi connectivity index (χ0v) is 11.8. The van der Waals surface area contributed by atoms with Gasteiger partial charge < -0.3 is 10.6 Å². The molecule has 1 aromatic heterocycles. The smallest absolute Gasteiger partial charge is 0.225 e. The summed E-state index contributed by atoms with van der Waals surface area (Å²) in [5.74, 6) is 2.17. The van der Waals surface area contributed by atoms with E-state index >= 15 is 0 Å². The summed E-state index contributed by atoms with van der Waals surface area (Å²) in [6.45, 7) is 13.5. The standard InChI is InChI=1S/C13H24N4/c1-9(2)8-14-11-7-10(3)15-12(16-11)17-13(4,5)6/h7,9H,8H2,1-6H3,(H2,14,15,16,17). The first-order chi connectivity index (χ1) is 7.76. The number of aryl methyl sites for hydroxylation is 1. The number of hydrogen-bond acceptors (Lipinski definition) is 4. The molecule has 0 aliphatic rings. The largest absolute Gasteiger partial charge is 0.370 e. The van der Waals surface area contributed by atoms with Crippen molar-refractivity contribution in [2.45, 2.75) is 47.1 Å². The zero-order valence-electron chi connectivity index (χ0n) is 11.8. The van der Waals surface area contributed by atoms with Crippen molar-refractivity contribution < 1.29 is 0 Å². The van der Waals surface area contributed by atoms with Crippen LogP contribution in [-0.2, 0) is 0 Å². The third kappa shape index (κ3) is 5.52. The molecule has 0 fully saturated rings. The molecule has 4 nitrogen and oxygen atoms in total. The molecule has 0 aliphatic carbocycles. The third-order valence-electron chi connectivity index (χ3n) is 2.03. The van der Waals surface area contributed by atoms with E-state index in [2.05, 4.69) is 55.2 Å². The van der Waals surface area contributed by atoms with Gasteiger partial charge in [0.05, 0.1) is 0 Å². The molecule has 0 aliphatic heterocycles. The van der Waals surface area contributed by atoms with Crippen LogP contribution in [0.4, 0.5) is 11.8 Å². The molecule has 0 bridgehead atoms. The molecule has 96 valence electrons. The fourth-order valence-corrected chi connectivity index (χ4v) is 1.36. The Kier molecular flexibility index (Phi) is 4.32. The Bertz CT molecular complexity index is 366. The molecule has 0 spiro atoms. The second kappa shape index (κ2) is 5.34. The first-order valence-corrected chi connectivity index (χ1v) is 6.14. The summed E-state index contributed by atoms with van der Waals surface area (Å²) in [4.78, 5) is 8.84. The van der Waals surface area contributed by atoms with Crippen molar-refractivity contribution in [2.75, 3.05) is 17.2 Å². The molecule has 17 heavy (non-hydrogen) atoms. The van der Waals surface area contributed by atoms with Crippen LogP contribution in [0.3, 0.4) is 0 Å². The quantitative estimate of drug-likeness (QED) is 0.843. The minimum atomic E-state index is -0.0247. The van der Waals surface area contributed by atoms with Gasteiger partial charge in [0.25, 0.3) is 0 Å². The highest BCUT2D eigenvalue weighted by molar-refractivity contribution is 5.43. The summed E-state index contributed by atoms with van der Waals surface area (Å²) in [7, 11) is 0. The Morgan fingerprint density at radius 1 is 1.24 bits per heavy atom. The predicted octanol–water partition coefficient (Wildman–Crippen LogP) is 3.06. The van der Waals surface area contributed by atoms with E-state index in [0.29, 0.717) is 11.9 Å². The molecule has 0 radical (unpaired) electrons. The van der Waals surface area contributed by atoms with Gasteiger partial charge in [0, 0.05) is 23.8 Å². The van der Waals surface area contributed by atoms with Gasteiger partial charge in [-0.2, -0.15) is 4.98 Å². The Morgan fingerprint density at radius 3 is 2.41 bits per heavy atom. The number of aromatic nitrogens is 2. The van der Waals surface area contributed by atoms with Gasteiger partial charge in [0.2, 0.25) is 5.95 Å². The van der Waals surface area contributed by atoms with Crippen LogP contribution >= 0.6 is 0 Å². The lowest BCUT2D eigenvalue weighted by Gasteiger charge is -2.21. The second-order valence-corrected chi connectivity index (χ2v) is 5.87. The van der Waals surface area contributed by atoms with E-state index in [9.17, 15) is 0 Å². The average Bonchev–Trinajstić information content (AvgIpc) is 2.10. The van der Waals surface area contributed by atoms with Crippen LogP contribution in [0, 0.1) is 12.8 Å². The van der Waals surface area contributed by atoms with Gasteiger partial charge in [-0.3, -0.25) is 0 Å². The Morgan fingerprint density at radius 2 is 1.88 bits per heavy atom. The van der Waals surface area contributed by atoms with E-state index in [-0.39, 0.29) is 5.54 Å². The van der Waals surface area contributed by atoms with Gasteiger partial charge in [0.1, 0.15) is 5.82 Å². The van der Waals surface area contributed by atoms with Crippen molar-refractivity contribution in [3.8, 4) is 0 Å². The van der Waals surface area contributed by atoms with Gasteiger partial charge in [-0.15, -0.1) is 0 Å². The molecule has 0 amide bonds. The van der Waals surface area contributed by atoms with Crippen LogP contribution in [0.2, 0.25) is 0 Å². The van der Waals surface area contributed by atoms with Crippen molar-refractivity contribution >= 4 is 11.8 Å². The van der Waals surface area contributed by atoms with Gasteiger partial charge in [0.15, 0.2) is 0 Å². The number of nitrogens with one attached hydrogen (secondary N) is 2. The van der Waals surface area contributed by atoms with Crippen molar-refractivity contribution in [3.05, 3.63) is 11.8 Å². The monoisotopic (exact) mass is 236 g/mol. The molecule has 2 N–H and O–H groups in total. The summed E-state index contributed by atoms with van der Waals surface area (Å²) >= 11 is 0. The van der Waals surface area contributed by atoms with E-state index in [1.807, 2.05) is 13.0 Å². The molecule has 4 heteroatoms. The third-order valence-corrected chi connectivity index (χ3v) is 2.03. The fourth-order valence-electron chi connectivity index (χ4n) is 1.36. The molecule has 0 saturated heterocycles. The van der Waals surface area contributed by atoms with E-state index in [4.69, 9.17) is 0 Å². The fraction of sp³-hybridized carbons (Fsp3) is 0.692. The van der Waals surface area contributed by atoms with E-state index < -0.39 is 0 Å². The summed E-state index contributed by atoms with van der Waals surface area (Å²) < 4.78 is 0. The SMILES string of the molecule is Cc1cc(NCC(C)C)nc(NC(C)(C)C)n1. The van der Waals surface area contributed by atoms with Crippen molar-refractivity contribution in [2.24, 2.45) is 5.92 Å². The molecule has 0 saturated carbocycles. The maximum absolute atomic E-state index is 4.46. The van der Waals surface area contributed by atoms with E-state index in [1.54, 1.807) is 0 Å². The Labute approximate surface area is 104 Å². The van der Waals surface area contributed by atoms with Gasteiger partial charge in [-0.05, 0) is 33.6 Å². The maximum Gasteiger partial charge on any atom is 0.225 e. The predicted molar refractivity (Wildman–Crippen MR) is 73.5 cm³/mol. The lowest BCUT2D eigenvalue weighted by atomic mass is 10.1. The molecule has 1 heterocycles. The first kappa shape index (κ1) is 13.7. The van der Waals surface area contributed by atoms with Crippen LogP contribution in [0.15, 0.2) is 6.07 Å². The zero-order chi connectivity index (χ0) is 13.1. The highest BCUT2D eigenvalue weighted by Crippen LogP contribution is 2.14. The van der Waals surface area contributed by atoms with Gasteiger partial charge >= 0.3 is 0 Å². The first-order valence-electron chi connectivity index (χ1n) is 6.14. The minimum absolute atomic E-state index is 0.0247. The molecule has 0 unspecified atom stereocenters. The maximum atomic E-state index is 4.46. The molecule has 1 rings (SSSR count). The Hall–Kier alpha value is -1.32. The van der Waals surface area contributed by atoms with Crippen molar-refractivity contribution in [3.63, 3.8) is 0 Å². The molecule has 0 atom stereocenters. The average molecular weight is 236 g/mol. The lowest BCUT2D eigenvalue weighted by Crippen LogP contribution is -2.27. The number of rotatable bonds is 4. The summed E-state index contributed by atoms with van der Waals surface area (Å²) in [6, 6.07) is 1.97. The van der Waals surface area contributed by atoms with Crippen LogP contribution in [0.25, 0.3) is 0 Å². The molecular formula is C13H24N4. The normalized spacial score (nSPS) is 11.7. The van der Waals surface area contributed by atoms with Crippen LogP contribution in [0.1, 0.15) is 40.3 Å². The second-order valence-electron chi connectivity index (χ2n) is 5.87. The van der Waals surface area contributed by atoms with E-state index in [0.717, 1.165) is 18.1 Å². The topological polar surface area (TPSA) is 49.8 Å². The summed E-state index contributed by atoms with van der Waals surface area (Å²) in [5, 5.41) is 6.61. The van der Waals surface area contributed by atoms with Crippen LogP contribution < -0.4 is 10.6 Å². The highest BCUT2D eigenvalue weighted by atomic mass is 15.2. The summed E-state index contributed by atoms with van der Waals surface area (Å²) in [5.41, 5.74) is 0.946. The van der Waals surface area contributed by atoms with Crippen molar-refractivity contribution in [1.29, 1.82) is 0 Å².